The predicted molar refractivity (Wildman–Crippen MR) is 66.9 cm³/mol. The van der Waals surface area contributed by atoms with Crippen LogP contribution < -0.4 is 0 Å². The van der Waals surface area contributed by atoms with E-state index in [0.717, 1.165) is 12.1 Å². The Labute approximate surface area is 114 Å². The van der Waals surface area contributed by atoms with Crippen LogP contribution in [0.3, 0.4) is 0 Å². The second kappa shape index (κ2) is 6.74. The highest BCUT2D eigenvalue weighted by molar-refractivity contribution is 6.24. The number of halogens is 2. The number of esters is 1. The van der Waals surface area contributed by atoms with Crippen LogP contribution in [-0.4, -0.2) is 42.3 Å². The molecular formula is C13H14F2N2O3. The number of ether oxygens (including phenoxy) is 1. The van der Waals surface area contributed by atoms with E-state index in [1.165, 1.54) is 11.1 Å². The number of nitrogens with zero attached hydrogens (tertiary/aromatic N) is 2. The first-order valence-corrected chi connectivity index (χ1v) is 5.79. The molecule has 0 atom stereocenters. The predicted octanol–water partition coefficient (Wildman–Crippen LogP) is 1.55. The second-order valence-electron chi connectivity index (χ2n) is 4.03. The summed E-state index contributed by atoms with van der Waals surface area (Å²) in [6.07, 6.45) is 1.21. The van der Waals surface area contributed by atoms with Crippen LogP contribution in [0.5, 0.6) is 0 Å². The lowest BCUT2D eigenvalue weighted by molar-refractivity contribution is -0.138. The van der Waals surface area contributed by atoms with Crippen molar-refractivity contribution in [2.45, 2.75) is 6.92 Å². The van der Waals surface area contributed by atoms with Crippen LogP contribution in [-0.2, 0) is 9.53 Å². The number of carbonyl (C=O) groups excluding carboxylic acids is 2. The van der Waals surface area contributed by atoms with Gasteiger partial charge in [0.15, 0.2) is 0 Å². The third kappa shape index (κ3) is 3.84. The lowest BCUT2D eigenvalue weighted by Crippen LogP contribution is -2.20. The molecule has 0 aliphatic rings. The van der Waals surface area contributed by atoms with Gasteiger partial charge in [0.25, 0.3) is 0 Å². The number of Topliss-reactive ketones (excluding diaryl/α,β-unsaturated/α-hetero) is 1. The van der Waals surface area contributed by atoms with Gasteiger partial charge in [-0.25, -0.2) is 4.79 Å². The lowest BCUT2D eigenvalue weighted by Gasteiger charge is -2.10. The largest absolute Gasteiger partial charge is 0.462 e. The van der Waals surface area contributed by atoms with Gasteiger partial charge in [0.1, 0.15) is 5.57 Å². The Balaban J connectivity index is 3.20. The van der Waals surface area contributed by atoms with Gasteiger partial charge in [-0.1, -0.05) is 0 Å². The zero-order valence-corrected chi connectivity index (χ0v) is 11.3. The van der Waals surface area contributed by atoms with E-state index in [1.54, 1.807) is 21.0 Å². The molecule has 0 aliphatic heterocycles. The molecule has 1 aromatic heterocycles. The fourth-order valence-corrected chi connectivity index (χ4v) is 1.40. The van der Waals surface area contributed by atoms with Crippen LogP contribution in [0.4, 0.5) is 8.78 Å². The van der Waals surface area contributed by atoms with Gasteiger partial charge in [0.05, 0.1) is 12.2 Å². The Morgan fingerprint density at radius 1 is 1.35 bits per heavy atom. The molecule has 0 aromatic carbocycles. The normalized spacial score (nSPS) is 11.2. The second-order valence-corrected chi connectivity index (χ2v) is 4.03. The molecule has 0 spiro atoms. The fraction of sp³-hybridized carbons (Fsp3) is 0.308. The molecule has 0 saturated heterocycles. The fourth-order valence-electron chi connectivity index (χ4n) is 1.40. The minimum absolute atomic E-state index is 0.0705. The van der Waals surface area contributed by atoms with Crippen molar-refractivity contribution in [3.05, 3.63) is 41.4 Å². The SMILES string of the molecule is CCOC(=O)/C(=C/N(C)C)C(=O)c1ccc(F)nc1F. The molecular weight excluding hydrogens is 270 g/mol. The first kappa shape index (κ1) is 15.7. The van der Waals surface area contributed by atoms with Gasteiger partial charge in [-0.05, 0) is 19.1 Å². The monoisotopic (exact) mass is 284 g/mol. The van der Waals surface area contributed by atoms with E-state index < -0.39 is 29.2 Å². The molecule has 0 N–H and O–H groups in total. The van der Waals surface area contributed by atoms with Crippen molar-refractivity contribution in [3.8, 4) is 0 Å². The third-order valence-electron chi connectivity index (χ3n) is 2.19. The van der Waals surface area contributed by atoms with Crippen LogP contribution in [0.25, 0.3) is 0 Å². The molecule has 0 bridgehead atoms. The van der Waals surface area contributed by atoms with Crippen LogP contribution in [0.2, 0.25) is 0 Å². The summed E-state index contributed by atoms with van der Waals surface area (Å²) in [6, 6.07) is 1.78. The molecule has 0 fully saturated rings. The first-order chi connectivity index (χ1) is 9.36. The average Bonchev–Trinajstić information content (AvgIpc) is 2.35. The summed E-state index contributed by atoms with van der Waals surface area (Å²) in [5, 5.41) is 0. The summed E-state index contributed by atoms with van der Waals surface area (Å²) >= 11 is 0. The van der Waals surface area contributed by atoms with E-state index in [-0.39, 0.29) is 12.2 Å². The van der Waals surface area contributed by atoms with Crippen LogP contribution >= 0.6 is 0 Å². The maximum absolute atomic E-state index is 13.5. The molecule has 7 heteroatoms. The van der Waals surface area contributed by atoms with E-state index >= 15 is 0 Å². The Morgan fingerprint density at radius 3 is 2.50 bits per heavy atom. The van der Waals surface area contributed by atoms with E-state index in [1.807, 2.05) is 0 Å². The molecule has 1 rings (SSSR count). The Morgan fingerprint density at radius 2 is 2.00 bits per heavy atom. The van der Waals surface area contributed by atoms with Crippen molar-refractivity contribution >= 4 is 11.8 Å². The van der Waals surface area contributed by atoms with E-state index in [2.05, 4.69) is 4.98 Å². The van der Waals surface area contributed by atoms with E-state index in [0.29, 0.717) is 0 Å². The van der Waals surface area contributed by atoms with Gasteiger partial charge >= 0.3 is 5.97 Å². The van der Waals surface area contributed by atoms with Gasteiger partial charge in [0.2, 0.25) is 17.7 Å². The number of rotatable bonds is 5. The summed E-state index contributed by atoms with van der Waals surface area (Å²) in [4.78, 5) is 28.2. The highest BCUT2D eigenvalue weighted by Crippen LogP contribution is 2.14. The summed E-state index contributed by atoms with van der Waals surface area (Å²) in [5.41, 5.74) is -0.850. The number of hydrogen-bond acceptors (Lipinski definition) is 5. The van der Waals surface area contributed by atoms with Gasteiger partial charge in [0, 0.05) is 20.3 Å². The quantitative estimate of drug-likeness (QED) is 0.205. The summed E-state index contributed by atoms with van der Waals surface area (Å²) in [6.45, 7) is 1.65. The lowest BCUT2D eigenvalue weighted by atomic mass is 10.1. The molecule has 1 aromatic rings. The minimum atomic E-state index is -1.27. The highest BCUT2D eigenvalue weighted by atomic mass is 19.1. The molecule has 0 radical (unpaired) electrons. The number of carbonyl (C=O) groups is 2. The van der Waals surface area contributed by atoms with Gasteiger partial charge in [-0.15, -0.1) is 0 Å². The minimum Gasteiger partial charge on any atom is -0.462 e. The number of pyridine rings is 1. The molecule has 20 heavy (non-hydrogen) atoms. The molecule has 1 heterocycles. The zero-order valence-electron chi connectivity index (χ0n) is 11.3. The Bertz CT molecular complexity index is 557. The number of aromatic nitrogens is 1. The van der Waals surface area contributed by atoms with Gasteiger partial charge in [-0.3, -0.25) is 4.79 Å². The summed E-state index contributed by atoms with van der Waals surface area (Å²) in [7, 11) is 3.18. The smallest absolute Gasteiger partial charge is 0.343 e. The van der Waals surface area contributed by atoms with Crippen LogP contribution in [0.15, 0.2) is 23.9 Å². The van der Waals surface area contributed by atoms with Crippen molar-refractivity contribution in [2.75, 3.05) is 20.7 Å². The average molecular weight is 284 g/mol. The van der Waals surface area contributed by atoms with E-state index in [4.69, 9.17) is 4.74 Å². The van der Waals surface area contributed by atoms with Crippen molar-refractivity contribution in [3.63, 3.8) is 0 Å². The van der Waals surface area contributed by atoms with Crippen LogP contribution in [0.1, 0.15) is 17.3 Å². The van der Waals surface area contributed by atoms with Crippen molar-refractivity contribution in [1.29, 1.82) is 0 Å². The van der Waals surface area contributed by atoms with Crippen LogP contribution in [0, 0.1) is 11.9 Å². The molecule has 0 unspecified atom stereocenters. The maximum atomic E-state index is 13.5. The van der Waals surface area contributed by atoms with Gasteiger partial charge in [-0.2, -0.15) is 13.8 Å². The molecule has 108 valence electrons. The van der Waals surface area contributed by atoms with E-state index in [9.17, 15) is 18.4 Å². The third-order valence-corrected chi connectivity index (χ3v) is 2.19. The molecule has 0 saturated carbocycles. The first-order valence-electron chi connectivity index (χ1n) is 5.79. The summed E-state index contributed by atoms with van der Waals surface area (Å²) in [5.74, 6) is -4.12. The summed E-state index contributed by atoms with van der Waals surface area (Å²) < 4.78 is 30.9. The zero-order chi connectivity index (χ0) is 15.3. The maximum Gasteiger partial charge on any atom is 0.343 e. The van der Waals surface area contributed by atoms with Crippen molar-refractivity contribution in [2.24, 2.45) is 0 Å². The topological polar surface area (TPSA) is 59.5 Å². The molecule has 0 amide bonds. The number of ketones is 1. The van der Waals surface area contributed by atoms with Crippen molar-refractivity contribution < 1.29 is 23.1 Å². The standard InChI is InChI=1S/C13H14F2N2O3/c1-4-20-13(19)9(7-17(2)3)11(18)8-5-6-10(14)16-12(8)15/h5-7H,4H2,1-3H3/b9-7+. The Kier molecular flexibility index (Phi) is 5.31. The Hall–Kier alpha value is -2.31. The number of hydrogen-bond donors (Lipinski definition) is 0. The van der Waals surface area contributed by atoms with Crippen molar-refractivity contribution in [1.82, 2.24) is 9.88 Å². The molecule has 0 aliphatic carbocycles. The highest BCUT2D eigenvalue weighted by Gasteiger charge is 2.25. The van der Waals surface area contributed by atoms with Gasteiger partial charge < -0.3 is 9.64 Å². The molecule has 5 nitrogen and oxygen atoms in total.